The van der Waals surface area contributed by atoms with Crippen molar-refractivity contribution in [1.29, 1.82) is 0 Å². The Bertz CT molecular complexity index is 2610. The number of rotatable bonds is 13. The van der Waals surface area contributed by atoms with E-state index in [2.05, 4.69) is 76.7 Å². The van der Waals surface area contributed by atoms with Crippen LogP contribution in [0.2, 0.25) is 0 Å². The maximum absolute atomic E-state index is 13.6. The molecule has 0 saturated heterocycles. The molecule has 12 heteroatoms. The van der Waals surface area contributed by atoms with E-state index in [4.69, 9.17) is 9.97 Å². The Kier molecular flexibility index (Phi) is 12.5. The van der Waals surface area contributed by atoms with Gasteiger partial charge in [0.05, 0.1) is 0 Å². The Morgan fingerprint density at radius 3 is 1.21 bits per heavy atom. The van der Waals surface area contributed by atoms with Crippen molar-refractivity contribution in [2.45, 2.75) is 0 Å². The molecule has 282 valence electrons. The fraction of sp³-hybridized carbons (Fsp3) is 0. The molecule has 8 aromatic rings. The third kappa shape index (κ3) is 9.60. The van der Waals surface area contributed by atoms with Gasteiger partial charge in [-0.15, -0.1) is 0 Å². The number of carbonyl (C=O) groups is 2. The van der Waals surface area contributed by atoms with Crippen molar-refractivity contribution >= 4 is 121 Å². The van der Waals surface area contributed by atoms with E-state index in [-0.39, 0.29) is 38.1 Å². The molecule has 0 radical (unpaired) electrons. The monoisotopic (exact) mass is 1020 g/mol. The summed E-state index contributed by atoms with van der Waals surface area (Å²) >= 11 is 6.46. The third-order valence-corrected chi connectivity index (χ3v) is 17.0. The molecule has 0 aliphatic heterocycles. The van der Waals surface area contributed by atoms with Crippen LogP contribution in [0.4, 0.5) is 11.4 Å². The van der Waals surface area contributed by atoms with Gasteiger partial charge >= 0.3 is 365 Å². The van der Waals surface area contributed by atoms with Crippen molar-refractivity contribution in [3.8, 4) is 22.5 Å². The van der Waals surface area contributed by atoms with Gasteiger partial charge in [-0.2, -0.15) is 0 Å². The van der Waals surface area contributed by atoms with Crippen molar-refractivity contribution in [1.82, 2.24) is 20.6 Å². The summed E-state index contributed by atoms with van der Waals surface area (Å²) in [4.78, 5) is 36.8. The number of nitrogens with one attached hydrogen (secondary N) is 4. The van der Waals surface area contributed by atoms with Gasteiger partial charge in [0.15, 0.2) is 0 Å². The van der Waals surface area contributed by atoms with Crippen molar-refractivity contribution in [2.24, 2.45) is 0 Å². The van der Waals surface area contributed by atoms with E-state index in [1.807, 2.05) is 146 Å². The first kappa shape index (κ1) is 39.3. The van der Waals surface area contributed by atoms with E-state index in [0.29, 0.717) is 31.8 Å². The molecule has 4 N–H and O–H groups in total. The molecule has 2 heterocycles. The molecular weight excluding hydrogens is 984 g/mol. The first-order valence-corrected chi connectivity index (χ1v) is 25.8. The van der Waals surface area contributed by atoms with Crippen LogP contribution < -0.4 is 30.2 Å². The molecule has 58 heavy (non-hydrogen) atoms. The summed E-state index contributed by atoms with van der Waals surface area (Å²) in [5.41, 5.74) is 7.40. The normalized spacial score (nSPS) is 10.8. The van der Waals surface area contributed by atoms with Crippen molar-refractivity contribution in [3.63, 3.8) is 0 Å². The molecule has 8 nitrogen and oxygen atoms in total. The molecule has 8 rings (SSSR count). The molecule has 0 atom stereocenters. The second kappa shape index (κ2) is 18.4. The number of hydrogen-bond donors (Lipinski definition) is 4. The van der Waals surface area contributed by atoms with Gasteiger partial charge in [0.2, 0.25) is 0 Å². The van der Waals surface area contributed by atoms with Crippen LogP contribution in [0.25, 0.3) is 44.3 Å². The van der Waals surface area contributed by atoms with E-state index in [0.717, 1.165) is 44.3 Å². The standard InChI is InChI=1S/C46H32N6O2Se4/c53-43(37-27-31-15-7-9-17-39(31)49-41(37)29-11-3-1-4-12-29)51-45(55)47-33-19-23-35(24-20-33)57-58-36-25-21-34(22-26-36)48-46(56)52-44(54)38-28-32-16-8-10-18-40(32)50-42(38)30-13-5-2-6-14-30/h1-28H,(H2,47,51,53,55)(H2,48,52,54,56). The van der Waals surface area contributed by atoms with E-state index in [9.17, 15) is 9.59 Å². The second-order valence-corrected chi connectivity index (χ2v) is 20.9. The molecule has 0 spiro atoms. The van der Waals surface area contributed by atoms with Crippen LogP contribution in [0, 0.1) is 0 Å². The molecule has 0 saturated carbocycles. The number of fused-ring (bicyclic) bond motifs is 2. The summed E-state index contributed by atoms with van der Waals surface area (Å²) < 4.78 is 3.56. The van der Waals surface area contributed by atoms with Gasteiger partial charge in [-0.3, -0.25) is 0 Å². The molecule has 2 aromatic heterocycles. The van der Waals surface area contributed by atoms with Crippen molar-refractivity contribution in [3.05, 3.63) is 181 Å². The molecule has 0 aliphatic carbocycles. The first-order chi connectivity index (χ1) is 28.4. The van der Waals surface area contributed by atoms with Crippen LogP contribution in [-0.4, -0.2) is 88.5 Å². The Morgan fingerprint density at radius 2 is 0.810 bits per heavy atom. The first-order valence-electron chi connectivity index (χ1n) is 18.1. The average Bonchev–Trinajstić information content (AvgIpc) is 3.26. The maximum atomic E-state index is 13.6. The van der Waals surface area contributed by atoms with Crippen LogP contribution in [0.5, 0.6) is 0 Å². The number of nitrogens with zero attached hydrogens (tertiary/aromatic N) is 2. The topological polar surface area (TPSA) is 108 Å². The van der Waals surface area contributed by atoms with E-state index < -0.39 is 0 Å². The van der Waals surface area contributed by atoms with E-state index >= 15 is 0 Å². The number of carbonyl (C=O) groups excluding carboxylic acids is 2. The van der Waals surface area contributed by atoms with Gasteiger partial charge in [-0.25, -0.2) is 0 Å². The quantitative estimate of drug-likeness (QED) is 0.113. The fourth-order valence-corrected chi connectivity index (χ4v) is 13.0. The number of para-hydroxylation sites is 2. The number of benzene rings is 6. The molecule has 0 fully saturated rings. The Labute approximate surface area is 362 Å². The van der Waals surface area contributed by atoms with Gasteiger partial charge in [-0.1, -0.05) is 0 Å². The Hall–Kier alpha value is -5.50. The van der Waals surface area contributed by atoms with Gasteiger partial charge in [0, 0.05) is 0 Å². The predicted octanol–water partition coefficient (Wildman–Crippen LogP) is 5.59. The number of aromatic nitrogens is 2. The van der Waals surface area contributed by atoms with E-state index in [1.54, 1.807) is 0 Å². The molecule has 0 unspecified atom stereocenters. The van der Waals surface area contributed by atoms with Gasteiger partial charge < -0.3 is 0 Å². The second-order valence-electron chi connectivity index (χ2n) is 12.9. The SMILES string of the molecule is O=C(NC(=[Se])Nc1ccc([Se][Se]c2ccc(NC(=[Se])NC(=O)c3cc4ccccc4nc3-c3ccccc3)cc2)cc1)c1cc2ccccc2nc1-c1ccccc1. The molecule has 6 aromatic carbocycles. The van der Waals surface area contributed by atoms with Crippen molar-refractivity contribution in [2.75, 3.05) is 10.6 Å². The van der Waals surface area contributed by atoms with Crippen LogP contribution in [-0.2, 0) is 0 Å². The Balaban J connectivity index is 0.841. The number of hydrogen-bond acceptors (Lipinski definition) is 6. The zero-order chi connectivity index (χ0) is 39.8. The number of anilines is 2. The van der Waals surface area contributed by atoms with Crippen molar-refractivity contribution < 1.29 is 9.59 Å². The summed E-state index contributed by atoms with van der Waals surface area (Å²) in [5, 5.41) is 14.3. The minimum absolute atomic E-state index is 0.255. The average molecular weight is 1020 g/mol. The molecule has 0 aliphatic rings. The third-order valence-electron chi connectivity index (χ3n) is 8.94. The molecule has 0 bridgehead atoms. The van der Waals surface area contributed by atoms with Crippen LogP contribution in [0.15, 0.2) is 170 Å². The Morgan fingerprint density at radius 1 is 0.448 bits per heavy atom. The minimum atomic E-state index is -0.255. The fourth-order valence-electron chi connectivity index (χ4n) is 6.16. The number of pyridine rings is 2. The molecule has 2 amide bonds. The summed E-state index contributed by atoms with van der Waals surface area (Å²) in [6.07, 6.45) is 0. The van der Waals surface area contributed by atoms with Gasteiger partial charge in [0.25, 0.3) is 0 Å². The zero-order valence-electron chi connectivity index (χ0n) is 30.5. The summed E-state index contributed by atoms with van der Waals surface area (Å²) in [5.74, 6) is -0.511. The summed E-state index contributed by atoms with van der Waals surface area (Å²) in [6, 6.07) is 55.5. The van der Waals surface area contributed by atoms with Gasteiger partial charge in [-0.05, 0) is 0 Å². The summed E-state index contributed by atoms with van der Waals surface area (Å²) in [6.45, 7) is 0. The van der Waals surface area contributed by atoms with Crippen LogP contribution in [0.3, 0.4) is 0 Å². The molecular formula is C46H32N6O2Se4. The summed E-state index contributed by atoms with van der Waals surface area (Å²) in [7, 11) is 0. The number of amides is 2. The van der Waals surface area contributed by atoms with Crippen LogP contribution in [0.1, 0.15) is 20.7 Å². The van der Waals surface area contributed by atoms with Gasteiger partial charge in [0.1, 0.15) is 0 Å². The zero-order valence-corrected chi connectivity index (χ0v) is 37.4. The van der Waals surface area contributed by atoms with Crippen LogP contribution >= 0.6 is 0 Å². The predicted molar refractivity (Wildman–Crippen MR) is 242 cm³/mol. The van der Waals surface area contributed by atoms with E-state index in [1.165, 1.54) is 8.92 Å².